The molecule has 1 saturated carbocycles. The number of nitrogens with one attached hydrogen (secondary N) is 1. The number of carbonyl (C=O) groups excluding carboxylic acids is 1. The van der Waals surface area contributed by atoms with E-state index in [0.29, 0.717) is 31.7 Å². The third kappa shape index (κ3) is 4.82. The van der Waals surface area contributed by atoms with E-state index in [-0.39, 0.29) is 12.5 Å². The van der Waals surface area contributed by atoms with Crippen molar-refractivity contribution < 1.29 is 14.7 Å². The maximum absolute atomic E-state index is 11.7. The van der Waals surface area contributed by atoms with E-state index >= 15 is 0 Å². The lowest BCUT2D eigenvalue weighted by Gasteiger charge is -2.24. The summed E-state index contributed by atoms with van der Waals surface area (Å²) in [6.07, 6.45) is 5.41. The molecule has 0 aromatic rings. The first-order chi connectivity index (χ1) is 9.00. The normalized spacial score (nSPS) is 19.1. The van der Waals surface area contributed by atoms with Crippen LogP contribution in [0.3, 0.4) is 0 Å². The van der Waals surface area contributed by atoms with Gasteiger partial charge in [-0.2, -0.15) is 0 Å². The summed E-state index contributed by atoms with van der Waals surface area (Å²) in [6, 6.07) is 0. The lowest BCUT2D eigenvalue weighted by Crippen LogP contribution is -2.41. The molecule has 1 aliphatic rings. The second-order valence-electron chi connectivity index (χ2n) is 5.79. The van der Waals surface area contributed by atoms with Gasteiger partial charge in [0.15, 0.2) is 0 Å². The Hall–Kier alpha value is -1.10. The third-order valence-electron chi connectivity index (χ3n) is 4.16. The molecule has 4 N–H and O–H groups in total. The Morgan fingerprint density at radius 2 is 1.95 bits per heavy atom. The van der Waals surface area contributed by atoms with Crippen molar-refractivity contribution in [3.8, 4) is 0 Å². The molecule has 1 unspecified atom stereocenters. The number of carbonyl (C=O) groups is 2. The van der Waals surface area contributed by atoms with Crippen molar-refractivity contribution in [1.29, 1.82) is 0 Å². The van der Waals surface area contributed by atoms with Crippen LogP contribution in [-0.4, -0.2) is 30.1 Å². The fourth-order valence-electron chi connectivity index (χ4n) is 2.68. The molecule has 19 heavy (non-hydrogen) atoms. The number of rotatable bonds is 8. The highest BCUT2D eigenvalue weighted by Gasteiger charge is 2.41. The molecular formula is C14H26N2O3. The summed E-state index contributed by atoms with van der Waals surface area (Å²) in [5, 5.41) is 12.1. The summed E-state index contributed by atoms with van der Waals surface area (Å²) < 4.78 is 0. The maximum atomic E-state index is 11.7. The van der Waals surface area contributed by atoms with Gasteiger partial charge in [-0.3, -0.25) is 9.59 Å². The molecule has 0 aromatic heterocycles. The van der Waals surface area contributed by atoms with Crippen molar-refractivity contribution in [3.05, 3.63) is 0 Å². The molecule has 0 saturated heterocycles. The van der Waals surface area contributed by atoms with Crippen molar-refractivity contribution in [2.75, 3.05) is 13.1 Å². The van der Waals surface area contributed by atoms with Crippen molar-refractivity contribution in [2.24, 2.45) is 17.1 Å². The van der Waals surface area contributed by atoms with E-state index in [4.69, 9.17) is 5.73 Å². The molecule has 0 radical (unpaired) electrons. The van der Waals surface area contributed by atoms with Gasteiger partial charge in [-0.15, -0.1) is 0 Å². The van der Waals surface area contributed by atoms with Gasteiger partial charge in [0.05, 0.1) is 5.41 Å². The molecule has 0 bridgehead atoms. The van der Waals surface area contributed by atoms with Gasteiger partial charge >= 0.3 is 5.97 Å². The quantitative estimate of drug-likeness (QED) is 0.623. The zero-order valence-corrected chi connectivity index (χ0v) is 11.8. The van der Waals surface area contributed by atoms with Gasteiger partial charge in [0, 0.05) is 13.0 Å². The van der Waals surface area contributed by atoms with Crippen LogP contribution in [0.2, 0.25) is 0 Å². The Morgan fingerprint density at radius 1 is 1.32 bits per heavy atom. The van der Waals surface area contributed by atoms with Gasteiger partial charge in [0.25, 0.3) is 0 Å². The van der Waals surface area contributed by atoms with Crippen LogP contribution in [0.25, 0.3) is 0 Å². The Balaban J connectivity index is 2.31. The molecule has 1 amide bonds. The first-order valence-electron chi connectivity index (χ1n) is 7.20. The molecule has 0 aromatic carbocycles. The number of amides is 1. The molecular weight excluding hydrogens is 244 g/mol. The van der Waals surface area contributed by atoms with E-state index in [2.05, 4.69) is 12.2 Å². The minimum atomic E-state index is -0.776. The highest BCUT2D eigenvalue weighted by atomic mass is 16.4. The Labute approximate surface area is 114 Å². The largest absolute Gasteiger partial charge is 0.481 e. The lowest BCUT2D eigenvalue weighted by atomic mass is 9.86. The SMILES string of the molecule is CC(CCN)CCC(=O)NCC1(C(=O)O)CCCC1. The first kappa shape index (κ1) is 16.0. The van der Waals surface area contributed by atoms with Gasteiger partial charge in [0.2, 0.25) is 5.91 Å². The number of hydrogen-bond acceptors (Lipinski definition) is 3. The third-order valence-corrected chi connectivity index (χ3v) is 4.16. The number of nitrogens with two attached hydrogens (primary N) is 1. The Morgan fingerprint density at radius 3 is 2.47 bits per heavy atom. The summed E-state index contributed by atoms with van der Waals surface area (Å²) >= 11 is 0. The standard InChI is InChI=1S/C14H26N2O3/c1-11(6-9-15)4-5-12(17)16-10-14(13(18)19)7-2-3-8-14/h11H,2-10,15H2,1H3,(H,16,17)(H,18,19). The van der Waals surface area contributed by atoms with Gasteiger partial charge in [-0.25, -0.2) is 0 Å². The van der Waals surface area contributed by atoms with E-state index in [1.165, 1.54) is 0 Å². The lowest BCUT2D eigenvalue weighted by molar-refractivity contribution is -0.148. The van der Waals surface area contributed by atoms with E-state index < -0.39 is 11.4 Å². The van der Waals surface area contributed by atoms with Gasteiger partial charge in [-0.05, 0) is 38.1 Å². The van der Waals surface area contributed by atoms with Crippen LogP contribution in [0.1, 0.15) is 51.9 Å². The van der Waals surface area contributed by atoms with Crippen LogP contribution >= 0.6 is 0 Å². The van der Waals surface area contributed by atoms with E-state index in [1.54, 1.807) is 0 Å². The molecule has 5 nitrogen and oxygen atoms in total. The number of hydrogen-bond donors (Lipinski definition) is 3. The van der Waals surface area contributed by atoms with Crippen LogP contribution < -0.4 is 11.1 Å². The van der Waals surface area contributed by atoms with Crippen LogP contribution in [-0.2, 0) is 9.59 Å². The first-order valence-corrected chi connectivity index (χ1v) is 7.20. The molecule has 1 fully saturated rings. The van der Waals surface area contributed by atoms with E-state index in [0.717, 1.165) is 25.7 Å². The highest BCUT2D eigenvalue weighted by molar-refractivity contribution is 5.79. The summed E-state index contributed by atoms with van der Waals surface area (Å²) in [5.41, 5.74) is 4.74. The molecule has 5 heteroatoms. The minimum absolute atomic E-state index is 0.0450. The zero-order valence-electron chi connectivity index (χ0n) is 11.8. The number of carboxylic acids is 1. The average Bonchev–Trinajstić information content (AvgIpc) is 2.84. The Kier molecular flexibility index (Phi) is 6.28. The Bertz CT molecular complexity index is 312. The fraction of sp³-hybridized carbons (Fsp3) is 0.857. The summed E-state index contributed by atoms with van der Waals surface area (Å²) in [7, 11) is 0. The molecule has 1 aliphatic carbocycles. The van der Waals surface area contributed by atoms with Gasteiger partial charge in [0.1, 0.15) is 0 Å². The molecule has 110 valence electrons. The number of aliphatic carboxylic acids is 1. The average molecular weight is 270 g/mol. The minimum Gasteiger partial charge on any atom is -0.481 e. The monoisotopic (exact) mass is 270 g/mol. The van der Waals surface area contributed by atoms with Crippen molar-refractivity contribution >= 4 is 11.9 Å². The molecule has 0 aliphatic heterocycles. The van der Waals surface area contributed by atoms with Gasteiger partial charge < -0.3 is 16.2 Å². The smallest absolute Gasteiger partial charge is 0.311 e. The molecule has 1 atom stereocenters. The van der Waals surface area contributed by atoms with Crippen LogP contribution in [0.5, 0.6) is 0 Å². The van der Waals surface area contributed by atoms with Crippen molar-refractivity contribution in [2.45, 2.75) is 51.9 Å². The molecule has 0 heterocycles. The fourth-order valence-corrected chi connectivity index (χ4v) is 2.68. The van der Waals surface area contributed by atoms with Gasteiger partial charge in [-0.1, -0.05) is 19.8 Å². The predicted octanol–water partition coefficient (Wildman–Crippen LogP) is 1.51. The molecule has 0 spiro atoms. The second-order valence-corrected chi connectivity index (χ2v) is 5.79. The van der Waals surface area contributed by atoms with E-state index in [9.17, 15) is 14.7 Å². The maximum Gasteiger partial charge on any atom is 0.311 e. The van der Waals surface area contributed by atoms with Crippen LogP contribution in [0.4, 0.5) is 0 Å². The van der Waals surface area contributed by atoms with Crippen molar-refractivity contribution in [3.63, 3.8) is 0 Å². The van der Waals surface area contributed by atoms with E-state index in [1.807, 2.05) is 0 Å². The predicted molar refractivity (Wildman–Crippen MR) is 73.6 cm³/mol. The summed E-state index contributed by atoms with van der Waals surface area (Å²) in [6.45, 7) is 2.99. The number of carboxylic acid groups (broad SMARTS) is 1. The van der Waals surface area contributed by atoms with Crippen LogP contribution in [0, 0.1) is 11.3 Å². The molecule has 1 rings (SSSR count). The second kappa shape index (κ2) is 7.48. The van der Waals surface area contributed by atoms with Crippen molar-refractivity contribution in [1.82, 2.24) is 5.32 Å². The summed E-state index contributed by atoms with van der Waals surface area (Å²) in [4.78, 5) is 23.1. The summed E-state index contributed by atoms with van der Waals surface area (Å²) in [5.74, 6) is -0.381. The highest BCUT2D eigenvalue weighted by Crippen LogP contribution is 2.37. The van der Waals surface area contributed by atoms with Crippen LogP contribution in [0.15, 0.2) is 0 Å². The topological polar surface area (TPSA) is 92.4 Å². The zero-order chi connectivity index (χ0) is 14.3.